The quantitative estimate of drug-likeness (QED) is 0.520. The number of para-hydroxylation sites is 1. The molecule has 2 aliphatic heterocycles. The van der Waals surface area contributed by atoms with Gasteiger partial charge in [0.15, 0.2) is 6.61 Å². The second kappa shape index (κ2) is 7.26. The number of esters is 1. The summed E-state index contributed by atoms with van der Waals surface area (Å²) in [6.45, 7) is 2.53. The van der Waals surface area contributed by atoms with Crippen molar-refractivity contribution in [2.24, 2.45) is 5.92 Å². The van der Waals surface area contributed by atoms with Gasteiger partial charge in [-0.25, -0.2) is 4.79 Å². The Morgan fingerprint density at radius 1 is 1.22 bits per heavy atom. The van der Waals surface area contributed by atoms with Gasteiger partial charge >= 0.3 is 11.9 Å². The van der Waals surface area contributed by atoms with Gasteiger partial charge in [0, 0.05) is 12.8 Å². The van der Waals surface area contributed by atoms with Crippen LogP contribution in [-0.4, -0.2) is 64.6 Å². The molecule has 1 aromatic carbocycles. The van der Waals surface area contributed by atoms with Crippen molar-refractivity contribution in [2.45, 2.75) is 38.1 Å². The van der Waals surface area contributed by atoms with Gasteiger partial charge < -0.3 is 24.8 Å². The number of carbonyl (C=O) groups excluding carboxylic acids is 3. The summed E-state index contributed by atoms with van der Waals surface area (Å²) in [6, 6.07) is 5.95. The van der Waals surface area contributed by atoms with Crippen molar-refractivity contribution in [1.29, 1.82) is 0 Å². The predicted molar refractivity (Wildman–Crippen MR) is 90.6 cm³/mol. The molecule has 9 nitrogen and oxygen atoms in total. The van der Waals surface area contributed by atoms with Gasteiger partial charge in [-0.3, -0.25) is 14.4 Å². The number of ether oxygens (including phenoxy) is 2. The molecule has 0 bridgehead atoms. The zero-order valence-electron chi connectivity index (χ0n) is 14.8. The van der Waals surface area contributed by atoms with Gasteiger partial charge in [0.2, 0.25) is 5.91 Å². The molecule has 0 saturated carbocycles. The molecule has 1 aromatic rings. The van der Waals surface area contributed by atoms with Crippen molar-refractivity contribution in [3.8, 4) is 5.75 Å². The third-order valence-electron chi connectivity index (χ3n) is 4.82. The zero-order valence-corrected chi connectivity index (χ0v) is 14.8. The Bertz CT molecular complexity index is 766. The summed E-state index contributed by atoms with van der Waals surface area (Å²) in [5.41, 5.74) is 0. The Morgan fingerprint density at radius 2 is 1.89 bits per heavy atom. The Balaban J connectivity index is 1.67. The second-order valence-electron chi connectivity index (χ2n) is 6.60. The highest BCUT2D eigenvalue weighted by molar-refractivity contribution is 5.98. The fourth-order valence-electron chi connectivity index (χ4n) is 3.69. The number of carboxylic acids is 1. The number of fused-ring (bicyclic) bond motifs is 1. The van der Waals surface area contributed by atoms with E-state index in [-0.39, 0.29) is 6.61 Å². The van der Waals surface area contributed by atoms with Crippen molar-refractivity contribution in [3.63, 3.8) is 0 Å². The van der Waals surface area contributed by atoms with Gasteiger partial charge in [0.1, 0.15) is 23.9 Å². The molecule has 2 amide bonds. The van der Waals surface area contributed by atoms with Crippen LogP contribution in [0.2, 0.25) is 0 Å². The van der Waals surface area contributed by atoms with Crippen LogP contribution in [0.15, 0.2) is 30.3 Å². The number of benzene rings is 1. The molecule has 0 aromatic heterocycles. The Morgan fingerprint density at radius 3 is 2.48 bits per heavy atom. The number of carboxylic acid groups (broad SMARTS) is 1. The molecule has 2 saturated heterocycles. The molecule has 5 atom stereocenters. The summed E-state index contributed by atoms with van der Waals surface area (Å²) in [7, 11) is 0. The number of nitrogens with one attached hydrogen (secondary N) is 1. The average Bonchev–Trinajstić information content (AvgIpc) is 2.88. The monoisotopic (exact) mass is 376 g/mol. The Kier molecular flexibility index (Phi) is 5.02. The Hall–Kier alpha value is -3.10. The van der Waals surface area contributed by atoms with Crippen LogP contribution >= 0.6 is 0 Å². The van der Waals surface area contributed by atoms with Crippen LogP contribution in [0.5, 0.6) is 5.75 Å². The number of rotatable bonds is 6. The van der Waals surface area contributed by atoms with Crippen molar-refractivity contribution < 1.29 is 33.8 Å². The van der Waals surface area contributed by atoms with Crippen molar-refractivity contribution in [1.82, 2.24) is 10.2 Å². The fraction of sp³-hybridized carbons (Fsp3) is 0.444. The number of carbonyl (C=O) groups is 4. The van der Waals surface area contributed by atoms with Crippen LogP contribution in [-0.2, 0) is 23.9 Å². The fourth-order valence-corrected chi connectivity index (χ4v) is 3.69. The van der Waals surface area contributed by atoms with E-state index >= 15 is 0 Å². The molecule has 4 unspecified atom stereocenters. The lowest BCUT2D eigenvalue weighted by Gasteiger charge is -2.45. The molecule has 0 aliphatic carbocycles. The van der Waals surface area contributed by atoms with Crippen molar-refractivity contribution in [2.75, 3.05) is 6.61 Å². The molecule has 2 aliphatic rings. The maximum Gasteiger partial charge on any atom is 0.326 e. The van der Waals surface area contributed by atoms with Crippen LogP contribution < -0.4 is 10.1 Å². The number of amides is 2. The first kappa shape index (κ1) is 18.7. The minimum absolute atomic E-state index is 0.295. The van der Waals surface area contributed by atoms with E-state index in [0.717, 1.165) is 0 Å². The highest BCUT2D eigenvalue weighted by Crippen LogP contribution is 2.41. The van der Waals surface area contributed by atoms with Crippen LogP contribution in [0, 0.1) is 5.92 Å². The smallest absolute Gasteiger partial charge is 0.326 e. The minimum atomic E-state index is -1.17. The van der Waals surface area contributed by atoms with Gasteiger partial charge in [0.05, 0.1) is 6.04 Å². The lowest BCUT2D eigenvalue weighted by atomic mass is 9.91. The molecule has 9 heteroatoms. The average molecular weight is 376 g/mol. The maximum absolute atomic E-state index is 12.4. The SMILES string of the molecule is CC(=O)OC1C(C)C(C(=O)O)N2C(=O)C(NC(=O)COc3ccccc3)[C@@H]12. The molecule has 0 radical (unpaired) electrons. The van der Waals surface area contributed by atoms with Gasteiger partial charge in [-0.05, 0) is 12.1 Å². The third-order valence-corrected chi connectivity index (χ3v) is 4.82. The summed E-state index contributed by atoms with van der Waals surface area (Å²) in [5, 5.41) is 12.0. The first-order valence-corrected chi connectivity index (χ1v) is 8.50. The normalized spacial score (nSPS) is 28.7. The zero-order chi connectivity index (χ0) is 19.7. The van der Waals surface area contributed by atoms with Crippen LogP contribution in [0.4, 0.5) is 0 Å². The largest absolute Gasteiger partial charge is 0.484 e. The number of β-lactam (4-membered cyclic amide) rings is 1. The van der Waals surface area contributed by atoms with Gasteiger partial charge in [0.25, 0.3) is 5.91 Å². The molecule has 3 rings (SSSR count). The van der Waals surface area contributed by atoms with Crippen LogP contribution in [0.25, 0.3) is 0 Å². The van der Waals surface area contributed by atoms with E-state index in [4.69, 9.17) is 9.47 Å². The first-order valence-electron chi connectivity index (χ1n) is 8.50. The summed E-state index contributed by atoms with van der Waals surface area (Å²) in [5.74, 6) is -2.87. The molecule has 27 heavy (non-hydrogen) atoms. The number of hydrogen-bond donors (Lipinski definition) is 2. The summed E-state index contributed by atoms with van der Waals surface area (Å²) in [4.78, 5) is 48.6. The number of hydrogen-bond acceptors (Lipinski definition) is 6. The second-order valence-corrected chi connectivity index (χ2v) is 6.60. The van der Waals surface area contributed by atoms with E-state index in [1.165, 1.54) is 11.8 Å². The van der Waals surface area contributed by atoms with Gasteiger partial charge in [-0.15, -0.1) is 0 Å². The lowest BCUT2D eigenvalue weighted by Crippen LogP contribution is -2.73. The highest BCUT2D eigenvalue weighted by Gasteiger charge is 2.65. The lowest BCUT2D eigenvalue weighted by molar-refractivity contribution is -0.166. The van der Waals surface area contributed by atoms with E-state index in [2.05, 4.69) is 5.32 Å². The van der Waals surface area contributed by atoms with E-state index in [1.54, 1.807) is 31.2 Å². The van der Waals surface area contributed by atoms with Crippen molar-refractivity contribution in [3.05, 3.63) is 30.3 Å². The highest BCUT2D eigenvalue weighted by atomic mass is 16.5. The topological polar surface area (TPSA) is 122 Å². The minimum Gasteiger partial charge on any atom is -0.484 e. The summed E-state index contributed by atoms with van der Waals surface area (Å²) < 4.78 is 10.6. The van der Waals surface area contributed by atoms with Crippen LogP contribution in [0.1, 0.15) is 13.8 Å². The van der Waals surface area contributed by atoms with E-state index < -0.39 is 53.9 Å². The molecule has 2 fully saturated rings. The summed E-state index contributed by atoms with van der Waals surface area (Å²) in [6.07, 6.45) is -0.804. The molecular weight excluding hydrogens is 356 g/mol. The molecule has 2 heterocycles. The van der Waals surface area contributed by atoms with Gasteiger partial charge in [-0.1, -0.05) is 25.1 Å². The molecular formula is C18H20N2O7. The standard InChI is InChI=1S/C18H20N2O7/c1-9-14(18(24)25)20-15(16(9)27-10(2)21)13(17(20)23)19-12(22)8-26-11-6-4-3-5-7-11/h3-7,9,13-16H,8H2,1-2H3,(H,19,22)(H,24,25)/t9?,13?,14?,15-,16?/m0/s1. The van der Waals surface area contributed by atoms with E-state index in [1.807, 2.05) is 6.07 Å². The third kappa shape index (κ3) is 3.44. The first-order chi connectivity index (χ1) is 12.8. The van der Waals surface area contributed by atoms with Crippen molar-refractivity contribution >= 4 is 23.8 Å². The van der Waals surface area contributed by atoms with Crippen LogP contribution in [0.3, 0.4) is 0 Å². The molecule has 144 valence electrons. The number of nitrogens with zero attached hydrogens (tertiary/aromatic N) is 1. The van der Waals surface area contributed by atoms with Gasteiger partial charge in [-0.2, -0.15) is 0 Å². The Labute approximate surface area is 155 Å². The predicted octanol–water partition coefficient (Wildman–Crippen LogP) is -0.204. The number of aliphatic carboxylic acids is 1. The van der Waals surface area contributed by atoms with E-state index in [9.17, 15) is 24.3 Å². The molecule has 0 spiro atoms. The maximum atomic E-state index is 12.4. The molecule has 2 N–H and O–H groups in total. The van der Waals surface area contributed by atoms with E-state index in [0.29, 0.717) is 5.75 Å². The summed E-state index contributed by atoms with van der Waals surface area (Å²) >= 11 is 0.